The molecule has 0 aliphatic rings. The Labute approximate surface area is 321 Å². The third-order valence-electron chi connectivity index (χ3n) is 9.15. The van der Waals surface area contributed by atoms with Crippen molar-refractivity contribution in [3.63, 3.8) is 0 Å². The summed E-state index contributed by atoms with van der Waals surface area (Å²) in [6, 6.07) is 14.6. The van der Waals surface area contributed by atoms with Gasteiger partial charge in [0.2, 0.25) is 11.8 Å². The first-order chi connectivity index (χ1) is 26.0. The number of hydrogen-bond acceptors (Lipinski definition) is 8. The predicted octanol–water partition coefficient (Wildman–Crippen LogP) is 5.17. The van der Waals surface area contributed by atoms with E-state index >= 15 is 0 Å². The van der Waals surface area contributed by atoms with E-state index < -0.39 is 17.7 Å². The minimum Gasteiger partial charge on any atom is -0.379 e. The summed E-state index contributed by atoms with van der Waals surface area (Å²) in [5.41, 5.74) is 8.96. The van der Waals surface area contributed by atoms with Gasteiger partial charge < -0.3 is 31.2 Å². The minimum absolute atomic E-state index is 0.00469. The summed E-state index contributed by atoms with van der Waals surface area (Å²) in [5, 5.41) is 8.52. The van der Waals surface area contributed by atoms with Crippen LogP contribution < -0.4 is 21.7 Å². The number of nitrogens with one attached hydrogen (secondary N) is 3. The fourth-order valence-electron chi connectivity index (χ4n) is 5.73. The molecule has 0 fully saturated rings. The molecule has 5 N–H and O–H groups in total. The van der Waals surface area contributed by atoms with E-state index in [2.05, 4.69) is 22.9 Å². The number of nitrogens with two attached hydrogens (primary N) is 1. The van der Waals surface area contributed by atoms with Crippen molar-refractivity contribution in [2.45, 2.75) is 97.8 Å². The summed E-state index contributed by atoms with van der Waals surface area (Å²) in [7, 11) is 0. The Hall–Kier alpha value is -4.42. The number of ketones is 2. The highest BCUT2D eigenvalue weighted by Gasteiger charge is 2.27. The van der Waals surface area contributed by atoms with Crippen molar-refractivity contribution in [3.05, 3.63) is 70.8 Å². The predicted molar refractivity (Wildman–Crippen MR) is 209 cm³/mol. The summed E-state index contributed by atoms with van der Waals surface area (Å²) in [6.07, 6.45) is 5.05. The van der Waals surface area contributed by atoms with Gasteiger partial charge in [0.25, 0.3) is 11.8 Å². The van der Waals surface area contributed by atoms with Gasteiger partial charge in [0.05, 0.1) is 19.8 Å². The number of aryl methyl sites for hydroxylation is 2. The molecule has 298 valence electrons. The van der Waals surface area contributed by atoms with Gasteiger partial charge in [0.1, 0.15) is 11.6 Å². The largest absolute Gasteiger partial charge is 0.379 e. The van der Waals surface area contributed by atoms with Gasteiger partial charge in [-0.2, -0.15) is 0 Å². The number of Topliss-reactive ketones (excluding diaryl/α,β-unsaturated/α-hetero) is 2. The van der Waals surface area contributed by atoms with Gasteiger partial charge >= 0.3 is 0 Å². The highest BCUT2D eigenvalue weighted by molar-refractivity contribution is 5.95. The van der Waals surface area contributed by atoms with Crippen LogP contribution in [0.4, 0.5) is 0 Å². The van der Waals surface area contributed by atoms with E-state index in [9.17, 15) is 28.8 Å². The second-order valence-corrected chi connectivity index (χ2v) is 13.9. The number of ether oxygens (including phenoxy) is 2. The van der Waals surface area contributed by atoms with Crippen LogP contribution in [-0.4, -0.2) is 81.3 Å². The molecule has 2 unspecified atom stereocenters. The van der Waals surface area contributed by atoms with Crippen LogP contribution in [0.15, 0.2) is 48.5 Å². The summed E-state index contributed by atoms with van der Waals surface area (Å²) in [6.45, 7) is 9.11. The van der Waals surface area contributed by atoms with Gasteiger partial charge in [-0.3, -0.25) is 28.8 Å². The number of amides is 4. The molecule has 12 heteroatoms. The van der Waals surface area contributed by atoms with Gasteiger partial charge in [-0.1, -0.05) is 61.6 Å². The molecule has 0 radical (unpaired) electrons. The Balaban J connectivity index is 1.85. The summed E-state index contributed by atoms with van der Waals surface area (Å²) < 4.78 is 10.9. The van der Waals surface area contributed by atoms with E-state index in [1.54, 1.807) is 24.3 Å². The normalized spacial score (nSPS) is 12.1. The molecule has 0 heterocycles. The van der Waals surface area contributed by atoms with Gasteiger partial charge in [-0.05, 0) is 70.2 Å². The number of primary amides is 1. The van der Waals surface area contributed by atoms with Gasteiger partial charge in [-0.25, -0.2) is 0 Å². The van der Waals surface area contributed by atoms with Gasteiger partial charge in [-0.15, -0.1) is 0 Å². The van der Waals surface area contributed by atoms with Crippen molar-refractivity contribution in [1.29, 1.82) is 0 Å². The van der Waals surface area contributed by atoms with Crippen LogP contribution in [0.3, 0.4) is 0 Å². The molecular weight excluding hydrogens is 688 g/mol. The molecule has 12 nitrogen and oxygen atoms in total. The van der Waals surface area contributed by atoms with Crippen LogP contribution in [0.1, 0.15) is 116 Å². The maximum atomic E-state index is 13.6. The third kappa shape index (κ3) is 20.1. The molecule has 0 aliphatic heterocycles. The fourth-order valence-corrected chi connectivity index (χ4v) is 5.73. The Bertz CT molecular complexity index is 1450. The van der Waals surface area contributed by atoms with Crippen molar-refractivity contribution < 1.29 is 38.2 Å². The van der Waals surface area contributed by atoms with E-state index in [4.69, 9.17) is 15.2 Å². The smallest absolute Gasteiger partial charge is 0.251 e. The first-order valence-corrected chi connectivity index (χ1v) is 19.5. The number of rotatable bonds is 30. The lowest BCUT2D eigenvalue weighted by Gasteiger charge is -2.19. The lowest BCUT2D eigenvalue weighted by Crippen LogP contribution is -2.30. The summed E-state index contributed by atoms with van der Waals surface area (Å²) in [4.78, 5) is 76.2. The van der Waals surface area contributed by atoms with Crippen LogP contribution >= 0.6 is 0 Å². The quantitative estimate of drug-likeness (QED) is 0.0789. The Morgan fingerprint density at radius 2 is 1.11 bits per heavy atom. The number of benzene rings is 2. The van der Waals surface area contributed by atoms with Gasteiger partial charge in [0.15, 0.2) is 0 Å². The standard InChI is InChI=1S/C42H62N4O8/c1-4-5-25-53-27-28-54-26-24-44-39(49)21-20-37(47)29-35(10-6-8-22-45-41(51)33-16-12-31(2)13-17-33)38(48)30-36(40(43)50)11-7-9-23-46-42(52)34-18-14-32(3)15-19-34/h12-19,35-36H,4-11,20-30H2,1-3H3,(H2,43,50)(H,44,49)(H,45,51)(H,46,52). The molecule has 2 rings (SSSR count). The minimum atomic E-state index is -0.701. The maximum Gasteiger partial charge on any atom is 0.251 e. The van der Waals surface area contributed by atoms with Crippen molar-refractivity contribution in [2.24, 2.45) is 17.6 Å². The van der Waals surface area contributed by atoms with Crippen molar-refractivity contribution in [2.75, 3.05) is 46.1 Å². The second kappa shape index (κ2) is 27.2. The Morgan fingerprint density at radius 1 is 0.593 bits per heavy atom. The molecule has 0 saturated heterocycles. The Morgan fingerprint density at radius 3 is 1.63 bits per heavy atom. The molecule has 0 spiro atoms. The maximum absolute atomic E-state index is 13.6. The van der Waals surface area contributed by atoms with Gasteiger partial charge in [0, 0.05) is 74.9 Å². The molecule has 0 aromatic heterocycles. The number of carbonyl (C=O) groups excluding carboxylic acids is 6. The SMILES string of the molecule is CCCCOCCOCCNC(=O)CCC(=O)CC(CCCCNC(=O)c1ccc(C)cc1)C(=O)CC(CCCCNC(=O)c1ccc(C)cc1)C(N)=O. The molecular formula is C42H62N4O8. The first kappa shape index (κ1) is 45.7. The summed E-state index contributed by atoms with van der Waals surface area (Å²) >= 11 is 0. The number of hydrogen-bond donors (Lipinski definition) is 4. The zero-order chi connectivity index (χ0) is 39.6. The van der Waals surface area contributed by atoms with Crippen LogP contribution in [-0.2, 0) is 28.7 Å². The average molecular weight is 751 g/mol. The zero-order valence-corrected chi connectivity index (χ0v) is 32.6. The molecule has 54 heavy (non-hydrogen) atoms. The molecule has 4 amide bonds. The van der Waals surface area contributed by atoms with Crippen molar-refractivity contribution in [3.8, 4) is 0 Å². The monoisotopic (exact) mass is 750 g/mol. The van der Waals surface area contributed by atoms with E-state index in [1.807, 2.05) is 38.1 Å². The molecule has 0 bridgehead atoms. The van der Waals surface area contributed by atoms with E-state index in [0.29, 0.717) is 95.7 Å². The lowest BCUT2D eigenvalue weighted by molar-refractivity contribution is -0.132. The van der Waals surface area contributed by atoms with E-state index in [1.165, 1.54) is 0 Å². The molecule has 2 atom stereocenters. The number of carbonyl (C=O) groups is 6. The van der Waals surface area contributed by atoms with E-state index in [-0.39, 0.29) is 55.0 Å². The Kier molecular flexibility index (Phi) is 23.0. The molecule has 2 aromatic carbocycles. The third-order valence-corrected chi connectivity index (χ3v) is 9.15. The average Bonchev–Trinajstić information content (AvgIpc) is 3.15. The topological polar surface area (TPSA) is 183 Å². The first-order valence-electron chi connectivity index (χ1n) is 19.5. The molecule has 0 aliphatic carbocycles. The lowest BCUT2D eigenvalue weighted by atomic mass is 9.85. The van der Waals surface area contributed by atoms with Crippen molar-refractivity contribution >= 4 is 35.2 Å². The van der Waals surface area contributed by atoms with Crippen LogP contribution in [0, 0.1) is 25.7 Å². The van der Waals surface area contributed by atoms with Crippen LogP contribution in [0.25, 0.3) is 0 Å². The van der Waals surface area contributed by atoms with Crippen LogP contribution in [0.2, 0.25) is 0 Å². The number of unbranched alkanes of at least 4 members (excludes halogenated alkanes) is 3. The highest BCUT2D eigenvalue weighted by Crippen LogP contribution is 2.23. The molecule has 0 saturated carbocycles. The fraction of sp³-hybridized carbons (Fsp3) is 0.571. The second-order valence-electron chi connectivity index (χ2n) is 13.9. The van der Waals surface area contributed by atoms with Crippen molar-refractivity contribution in [1.82, 2.24) is 16.0 Å². The molecule has 2 aromatic rings. The summed E-state index contributed by atoms with van der Waals surface area (Å²) in [5.74, 6) is -2.99. The van der Waals surface area contributed by atoms with E-state index in [0.717, 1.165) is 24.0 Å². The highest BCUT2D eigenvalue weighted by atomic mass is 16.5. The van der Waals surface area contributed by atoms with Crippen LogP contribution in [0.5, 0.6) is 0 Å². The zero-order valence-electron chi connectivity index (χ0n) is 32.6.